The van der Waals surface area contributed by atoms with Crippen molar-refractivity contribution in [3.05, 3.63) is 65.0 Å². The van der Waals surface area contributed by atoms with Crippen LogP contribution in [0.4, 0.5) is 10.1 Å². The van der Waals surface area contributed by atoms with Gasteiger partial charge in [-0.3, -0.25) is 4.79 Å². The summed E-state index contributed by atoms with van der Waals surface area (Å²) in [6.45, 7) is 3.31. The Labute approximate surface area is 121 Å². The minimum absolute atomic E-state index is 0.260. The lowest BCUT2D eigenvalue weighted by atomic mass is 10.1. The maximum absolute atomic E-state index is 13.4. The molecule has 4 nitrogen and oxygen atoms in total. The maximum Gasteiger partial charge on any atom is 0.255 e. The van der Waals surface area contributed by atoms with Gasteiger partial charge in [-0.05, 0) is 49.2 Å². The van der Waals surface area contributed by atoms with Crippen molar-refractivity contribution in [2.75, 3.05) is 5.32 Å². The SMILES string of the molecule is C/C(=N\O)c1ccc(NC(=O)c2ccc(C)c(F)c2)cc1. The largest absolute Gasteiger partial charge is 0.411 e. The zero-order valence-electron chi connectivity index (χ0n) is 11.7. The van der Waals surface area contributed by atoms with Gasteiger partial charge in [0.05, 0.1) is 5.71 Å². The van der Waals surface area contributed by atoms with Crippen LogP contribution in [0.5, 0.6) is 0 Å². The third-order valence-electron chi connectivity index (χ3n) is 3.14. The quantitative estimate of drug-likeness (QED) is 0.514. The predicted molar refractivity (Wildman–Crippen MR) is 79.5 cm³/mol. The number of rotatable bonds is 3. The lowest BCUT2D eigenvalue weighted by Crippen LogP contribution is -2.12. The number of oxime groups is 1. The Morgan fingerprint density at radius 3 is 2.33 bits per heavy atom. The summed E-state index contributed by atoms with van der Waals surface area (Å²) < 4.78 is 13.4. The fraction of sp³-hybridized carbons (Fsp3) is 0.125. The molecule has 2 rings (SSSR count). The average Bonchev–Trinajstić information content (AvgIpc) is 2.50. The van der Waals surface area contributed by atoms with E-state index >= 15 is 0 Å². The van der Waals surface area contributed by atoms with Crippen molar-refractivity contribution < 1.29 is 14.4 Å². The molecule has 21 heavy (non-hydrogen) atoms. The molecule has 0 saturated carbocycles. The zero-order valence-corrected chi connectivity index (χ0v) is 11.7. The maximum atomic E-state index is 13.4. The normalized spacial score (nSPS) is 11.3. The smallest absolute Gasteiger partial charge is 0.255 e. The Hall–Kier alpha value is -2.69. The summed E-state index contributed by atoms with van der Waals surface area (Å²) in [5.74, 6) is -0.790. The van der Waals surface area contributed by atoms with Crippen LogP contribution in [-0.4, -0.2) is 16.8 Å². The number of carbonyl (C=O) groups excluding carboxylic acids is 1. The van der Waals surface area contributed by atoms with Crippen molar-refractivity contribution in [1.82, 2.24) is 0 Å². The van der Waals surface area contributed by atoms with E-state index in [1.165, 1.54) is 6.07 Å². The molecule has 0 heterocycles. The third kappa shape index (κ3) is 3.45. The van der Waals surface area contributed by atoms with Crippen LogP contribution in [-0.2, 0) is 0 Å². The Kier molecular flexibility index (Phi) is 4.33. The highest BCUT2D eigenvalue weighted by Gasteiger charge is 2.08. The molecule has 0 saturated heterocycles. The van der Waals surface area contributed by atoms with Gasteiger partial charge in [0.25, 0.3) is 5.91 Å². The Morgan fingerprint density at radius 1 is 1.14 bits per heavy atom. The van der Waals surface area contributed by atoms with Crippen LogP contribution in [0.3, 0.4) is 0 Å². The fourth-order valence-corrected chi connectivity index (χ4v) is 1.79. The van der Waals surface area contributed by atoms with Gasteiger partial charge in [-0.1, -0.05) is 23.4 Å². The van der Waals surface area contributed by atoms with Crippen molar-refractivity contribution in [2.24, 2.45) is 5.16 Å². The number of halogens is 1. The third-order valence-corrected chi connectivity index (χ3v) is 3.14. The molecule has 1 amide bonds. The van der Waals surface area contributed by atoms with E-state index in [0.717, 1.165) is 5.56 Å². The van der Waals surface area contributed by atoms with E-state index in [4.69, 9.17) is 5.21 Å². The van der Waals surface area contributed by atoms with E-state index < -0.39 is 5.82 Å². The molecular weight excluding hydrogens is 271 g/mol. The lowest BCUT2D eigenvalue weighted by molar-refractivity contribution is 0.102. The highest BCUT2D eigenvalue weighted by molar-refractivity contribution is 6.04. The van der Waals surface area contributed by atoms with Crippen molar-refractivity contribution in [3.8, 4) is 0 Å². The summed E-state index contributed by atoms with van der Waals surface area (Å²) in [5, 5.41) is 14.5. The van der Waals surface area contributed by atoms with E-state index in [2.05, 4.69) is 10.5 Å². The fourth-order valence-electron chi connectivity index (χ4n) is 1.79. The van der Waals surface area contributed by atoms with Gasteiger partial charge in [-0.25, -0.2) is 4.39 Å². The summed E-state index contributed by atoms with van der Waals surface area (Å²) >= 11 is 0. The highest BCUT2D eigenvalue weighted by atomic mass is 19.1. The van der Waals surface area contributed by atoms with Gasteiger partial charge in [0, 0.05) is 11.3 Å². The molecule has 0 aliphatic carbocycles. The molecule has 0 fully saturated rings. The first-order valence-electron chi connectivity index (χ1n) is 6.38. The summed E-state index contributed by atoms with van der Waals surface area (Å²) in [6, 6.07) is 11.2. The summed E-state index contributed by atoms with van der Waals surface area (Å²) in [6.07, 6.45) is 0. The molecule has 2 aromatic rings. The second-order valence-corrected chi connectivity index (χ2v) is 4.68. The number of hydrogen-bond acceptors (Lipinski definition) is 3. The Morgan fingerprint density at radius 2 is 1.76 bits per heavy atom. The highest BCUT2D eigenvalue weighted by Crippen LogP contribution is 2.14. The number of anilines is 1. The number of hydrogen-bond donors (Lipinski definition) is 2. The molecular formula is C16H15FN2O2. The topological polar surface area (TPSA) is 61.7 Å². The second-order valence-electron chi connectivity index (χ2n) is 4.68. The molecule has 0 aliphatic rings. The molecule has 0 radical (unpaired) electrons. The molecule has 5 heteroatoms. The van der Waals surface area contributed by atoms with E-state index in [-0.39, 0.29) is 11.5 Å². The molecule has 108 valence electrons. The van der Waals surface area contributed by atoms with Crippen LogP contribution in [0.15, 0.2) is 47.6 Å². The number of aryl methyl sites for hydroxylation is 1. The van der Waals surface area contributed by atoms with E-state index in [9.17, 15) is 9.18 Å². The molecule has 2 aromatic carbocycles. The van der Waals surface area contributed by atoms with Crippen molar-refractivity contribution >= 4 is 17.3 Å². The van der Waals surface area contributed by atoms with Crippen LogP contribution in [0.2, 0.25) is 0 Å². The summed E-state index contributed by atoms with van der Waals surface area (Å²) in [4.78, 5) is 12.0. The van der Waals surface area contributed by atoms with Crippen molar-refractivity contribution in [1.29, 1.82) is 0 Å². The monoisotopic (exact) mass is 286 g/mol. The Bertz CT molecular complexity index is 694. The van der Waals surface area contributed by atoms with Gasteiger partial charge in [-0.15, -0.1) is 0 Å². The molecule has 0 spiro atoms. The molecule has 0 atom stereocenters. The minimum atomic E-state index is -0.409. The number of benzene rings is 2. The van der Waals surface area contributed by atoms with Crippen LogP contribution in [0.1, 0.15) is 28.4 Å². The van der Waals surface area contributed by atoms with Crippen LogP contribution in [0, 0.1) is 12.7 Å². The van der Waals surface area contributed by atoms with Crippen LogP contribution < -0.4 is 5.32 Å². The molecule has 0 aromatic heterocycles. The number of amides is 1. The first kappa shape index (κ1) is 14.7. The molecule has 0 bridgehead atoms. The van der Waals surface area contributed by atoms with Gasteiger partial charge in [-0.2, -0.15) is 0 Å². The van der Waals surface area contributed by atoms with Gasteiger partial charge in [0.2, 0.25) is 0 Å². The average molecular weight is 286 g/mol. The first-order chi connectivity index (χ1) is 10.0. The number of carbonyl (C=O) groups is 1. The van der Waals surface area contributed by atoms with Gasteiger partial charge in [0.15, 0.2) is 0 Å². The van der Waals surface area contributed by atoms with Crippen molar-refractivity contribution in [2.45, 2.75) is 13.8 Å². The number of nitrogens with one attached hydrogen (secondary N) is 1. The van der Waals surface area contributed by atoms with Gasteiger partial charge >= 0.3 is 0 Å². The standard InChI is InChI=1S/C16H15FN2O2/c1-10-3-4-13(9-15(10)17)16(20)18-14-7-5-12(6-8-14)11(2)19-21/h3-9,21H,1-2H3,(H,18,20)/b19-11+. The molecule has 0 unspecified atom stereocenters. The van der Waals surface area contributed by atoms with E-state index in [0.29, 0.717) is 17.0 Å². The minimum Gasteiger partial charge on any atom is -0.411 e. The van der Waals surface area contributed by atoms with Crippen LogP contribution >= 0.6 is 0 Å². The second kappa shape index (κ2) is 6.17. The van der Waals surface area contributed by atoms with E-state index in [1.54, 1.807) is 50.2 Å². The molecule has 0 aliphatic heterocycles. The number of nitrogens with zero attached hydrogens (tertiary/aromatic N) is 1. The molecule has 2 N–H and O–H groups in total. The summed E-state index contributed by atoms with van der Waals surface area (Å²) in [7, 11) is 0. The predicted octanol–water partition coefficient (Wildman–Crippen LogP) is 3.58. The lowest BCUT2D eigenvalue weighted by Gasteiger charge is -2.07. The van der Waals surface area contributed by atoms with E-state index in [1.807, 2.05) is 0 Å². The first-order valence-corrected chi connectivity index (χ1v) is 6.38. The van der Waals surface area contributed by atoms with Crippen LogP contribution in [0.25, 0.3) is 0 Å². The van der Waals surface area contributed by atoms with Crippen molar-refractivity contribution in [3.63, 3.8) is 0 Å². The van der Waals surface area contributed by atoms with Gasteiger partial charge in [0.1, 0.15) is 5.82 Å². The summed E-state index contributed by atoms with van der Waals surface area (Å²) in [5.41, 5.74) is 2.56. The Balaban J connectivity index is 2.14. The van der Waals surface area contributed by atoms with Gasteiger partial charge < -0.3 is 10.5 Å². The zero-order chi connectivity index (χ0) is 15.4.